The van der Waals surface area contributed by atoms with Crippen LogP contribution in [0.25, 0.3) is 0 Å². The van der Waals surface area contributed by atoms with Crippen LogP contribution < -0.4 is 10.5 Å². The standard InChI is InChI=1S/C17H30N2O2/c1-6-19(14(4)12-20-5)11-17(18)15-7-9-16(10-8-15)21-13(2)3/h7-10,13-14,17H,6,11-12,18H2,1-5H3. The topological polar surface area (TPSA) is 47.7 Å². The van der Waals surface area contributed by atoms with Gasteiger partial charge < -0.3 is 15.2 Å². The van der Waals surface area contributed by atoms with E-state index >= 15 is 0 Å². The van der Waals surface area contributed by atoms with Crippen LogP contribution in [-0.4, -0.2) is 43.9 Å². The maximum atomic E-state index is 6.33. The highest BCUT2D eigenvalue weighted by Crippen LogP contribution is 2.19. The highest BCUT2D eigenvalue weighted by molar-refractivity contribution is 5.29. The molecular weight excluding hydrogens is 264 g/mol. The fourth-order valence-electron chi connectivity index (χ4n) is 2.39. The summed E-state index contributed by atoms with van der Waals surface area (Å²) in [7, 11) is 1.73. The van der Waals surface area contributed by atoms with Gasteiger partial charge in [-0.1, -0.05) is 19.1 Å². The normalized spacial score (nSPS) is 14.5. The molecule has 2 unspecified atom stereocenters. The predicted octanol–water partition coefficient (Wildman–Crippen LogP) is 2.83. The fourth-order valence-corrected chi connectivity index (χ4v) is 2.39. The summed E-state index contributed by atoms with van der Waals surface area (Å²) in [5.41, 5.74) is 7.47. The van der Waals surface area contributed by atoms with Crippen LogP contribution in [0.15, 0.2) is 24.3 Å². The van der Waals surface area contributed by atoms with Crippen molar-refractivity contribution in [2.75, 3.05) is 26.8 Å². The first-order chi connectivity index (χ1) is 9.97. The summed E-state index contributed by atoms with van der Waals surface area (Å²) in [5, 5.41) is 0. The molecule has 0 saturated carbocycles. The Hall–Kier alpha value is -1.10. The molecule has 0 spiro atoms. The average Bonchev–Trinajstić information content (AvgIpc) is 2.44. The Bertz CT molecular complexity index is 392. The van der Waals surface area contributed by atoms with Crippen molar-refractivity contribution in [1.82, 2.24) is 4.90 Å². The van der Waals surface area contributed by atoms with E-state index < -0.39 is 0 Å². The van der Waals surface area contributed by atoms with Crippen molar-refractivity contribution in [3.8, 4) is 5.75 Å². The second kappa shape index (κ2) is 9.03. The van der Waals surface area contributed by atoms with E-state index in [0.29, 0.717) is 6.04 Å². The van der Waals surface area contributed by atoms with Crippen LogP contribution in [0, 0.1) is 0 Å². The van der Waals surface area contributed by atoms with Crippen molar-refractivity contribution < 1.29 is 9.47 Å². The summed E-state index contributed by atoms with van der Waals surface area (Å²) in [6.45, 7) is 10.9. The van der Waals surface area contributed by atoms with Gasteiger partial charge in [0.1, 0.15) is 5.75 Å². The number of hydrogen-bond acceptors (Lipinski definition) is 4. The molecule has 4 nitrogen and oxygen atoms in total. The molecule has 2 atom stereocenters. The lowest BCUT2D eigenvalue weighted by atomic mass is 10.1. The molecule has 0 aromatic heterocycles. The Morgan fingerprint density at radius 1 is 1.14 bits per heavy atom. The molecule has 120 valence electrons. The molecular formula is C17H30N2O2. The van der Waals surface area contributed by atoms with Gasteiger partial charge in [-0.3, -0.25) is 4.90 Å². The van der Waals surface area contributed by atoms with E-state index in [1.807, 2.05) is 26.0 Å². The first-order valence-corrected chi connectivity index (χ1v) is 7.73. The number of nitrogens with two attached hydrogens (primary N) is 1. The Balaban J connectivity index is 2.63. The van der Waals surface area contributed by atoms with Crippen molar-refractivity contribution in [2.45, 2.75) is 45.9 Å². The van der Waals surface area contributed by atoms with Gasteiger partial charge in [0.25, 0.3) is 0 Å². The molecule has 0 fully saturated rings. The summed E-state index contributed by atoms with van der Waals surface area (Å²) < 4.78 is 10.9. The number of ether oxygens (including phenoxy) is 2. The zero-order valence-corrected chi connectivity index (χ0v) is 14.0. The largest absolute Gasteiger partial charge is 0.491 e. The summed E-state index contributed by atoms with van der Waals surface area (Å²) in [5.74, 6) is 0.890. The molecule has 0 bridgehead atoms. The summed E-state index contributed by atoms with van der Waals surface area (Å²) in [6, 6.07) is 8.45. The van der Waals surface area contributed by atoms with Crippen LogP contribution in [-0.2, 0) is 4.74 Å². The van der Waals surface area contributed by atoms with Crippen molar-refractivity contribution >= 4 is 0 Å². The molecule has 0 aliphatic carbocycles. The first kappa shape index (κ1) is 18.0. The monoisotopic (exact) mass is 294 g/mol. The van der Waals surface area contributed by atoms with Gasteiger partial charge in [-0.2, -0.15) is 0 Å². The summed E-state index contributed by atoms with van der Waals surface area (Å²) in [4.78, 5) is 2.34. The van der Waals surface area contributed by atoms with Crippen LogP contribution in [0.5, 0.6) is 5.75 Å². The van der Waals surface area contributed by atoms with Gasteiger partial charge in [-0.05, 0) is 45.0 Å². The third-order valence-corrected chi connectivity index (χ3v) is 3.55. The Morgan fingerprint density at radius 3 is 2.24 bits per heavy atom. The second-order valence-electron chi connectivity index (χ2n) is 5.73. The molecule has 0 heterocycles. The van der Waals surface area contributed by atoms with Crippen molar-refractivity contribution in [3.05, 3.63) is 29.8 Å². The minimum atomic E-state index is -0.00245. The van der Waals surface area contributed by atoms with Gasteiger partial charge in [-0.25, -0.2) is 0 Å². The third-order valence-electron chi connectivity index (χ3n) is 3.55. The zero-order chi connectivity index (χ0) is 15.8. The highest BCUT2D eigenvalue weighted by Gasteiger charge is 2.16. The predicted molar refractivity (Wildman–Crippen MR) is 87.7 cm³/mol. The number of benzene rings is 1. The first-order valence-electron chi connectivity index (χ1n) is 7.73. The van der Waals surface area contributed by atoms with Gasteiger partial charge in [0.05, 0.1) is 12.7 Å². The second-order valence-corrected chi connectivity index (χ2v) is 5.73. The number of nitrogens with zero attached hydrogens (tertiary/aromatic N) is 1. The van der Waals surface area contributed by atoms with Crippen molar-refractivity contribution in [2.24, 2.45) is 5.73 Å². The van der Waals surface area contributed by atoms with Gasteiger partial charge in [0, 0.05) is 25.7 Å². The molecule has 0 aliphatic rings. The lowest BCUT2D eigenvalue weighted by Crippen LogP contribution is -2.40. The van der Waals surface area contributed by atoms with E-state index in [9.17, 15) is 0 Å². The van der Waals surface area contributed by atoms with E-state index in [1.54, 1.807) is 7.11 Å². The van der Waals surface area contributed by atoms with Gasteiger partial charge in [0.15, 0.2) is 0 Å². The van der Waals surface area contributed by atoms with E-state index in [0.717, 1.165) is 31.0 Å². The Morgan fingerprint density at radius 2 is 1.76 bits per heavy atom. The lowest BCUT2D eigenvalue weighted by molar-refractivity contribution is 0.0986. The molecule has 0 saturated heterocycles. The van der Waals surface area contributed by atoms with Crippen LogP contribution in [0.2, 0.25) is 0 Å². The molecule has 1 aromatic carbocycles. The molecule has 1 aromatic rings. The summed E-state index contributed by atoms with van der Waals surface area (Å²) in [6.07, 6.45) is 0.190. The molecule has 0 aliphatic heterocycles. The number of methoxy groups -OCH3 is 1. The smallest absolute Gasteiger partial charge is 0.119 e. The number of rotatable bonds is 9. The molecule has 0 amide bonds. The maximum absolute atomic E-state index is 6.33. The lowest BCUT2D eigenvalue weighted by Gasteiger charge is -2.30. The number of likely N-dealkylation sites (N-methyl/N-ethyl adjacent to an activating group) is 1. The van der Waals surface area contributed by atoms with E-state index in [4.69, 9.17) is 15.2 Å². The number of hydrogen-bond donors (Lipinski definition) is 1. The quantitative estimate of drug-likeness (QED) is 0.761. The zero-order valence-electron chi connectivity index (χ0n) is 14.0. The molecule has 4 heteroatoms. The average molecular weight is 294 g/mol. The SMILES string of the molecule is CCN(CC(N)c1ccc(OC(C)C)cc1)C(C)COC. The molecule has 1 rings (SSSR count). The third kappa shape index (κ3) is 6.04. The summed E-state index contributed by atoms with van der Waals surface area (Å²) >= 11 is 0. The van der Waals surface area contributed by atoms with Crippen LogP contribution in [0.1, 0.15) is 39.3 Å². The van der Waals surface area contributed by atoms with Crippen LogP contribution >= 0.6 is 0 Å². The minimum absolute atomic E-state index is 0.00245. The van der Waals surface area contributed by atoms with Gasteiger partial charge in [0.2, 0.25) is 0 Å². The minimum Gasteiger partial charge on any atom is -0.491 e. The van der Waals surface area contributed by atoms with Gasteiger partial charge in [-0.15, -0.1) is 0 Å². The van der Waals surface area contributed by atoms with E-state index in [-0.39, 0.29) is 12.1 Å². The molecule has 0 radical (unpaired) electrons. The Kier molecular flexibility index (Phi) is 7.72. The van der Waals surface area contributed by atoms with Crippen molar-refractivity contribution in [1.29, 1.82) is 0 Å². The van der Waals surface area contributed by atoms with E-state index in [2.05, 4.69) is 30.9 Å². The Labute approximate surface area is 129 Å². The van der Waals surface area contributed by atoms with E-state index in [1.165, 1.54) is 0 Å². The molecule has 2 N–H and O–H groups in total. The fraction of sp³-hybridized carbons (Fsp3) is 0.647. The van der Waals surface area contributed by atoms with Crippen LogP contribution in [0.4, 0.5) is 0 Å². The van der Waals surface area contributed by atoms with Crippen molar-refractivity contribution in [3.63, 3.8) is 0 Å². The van der Waals surface area contributed by atoms with Crippen LogP contribution in [0.3, 0.4) is 0 Å². The highest BCUT2D eigenvalue weighted by atomic mass is 16.5. The molecule has 21 heavy (non-hydrogen) atoms. The maximum Gasteiger partial charge on any atom is 0.119 e. The van der Waals surface area contributed by atoms with Gasteiger partial charge >= 0.3 is 0 Å².